The van der Waals surface area contributed by atoms with E-state index in [9.17, 15) is 17.8 Å². The molecule has 0 spiro atoms. The Morgan fingerprint density at radius 3 is 2.08 bits per heavy atom. The highest BCUT2D eigenvalue weighted by atomic mass is 35.5. The van der Waals surface area contributed by atoms with Crippen LogP contribution in [0.5, 0.6) is 0 Å². The predicted octanol–water partition coefficient (Wildman–Crippen LogP) is 8.96. The summed E-state index contributed by atoms with van der Waals surface area (Å²) in [5.74, 6) is -1.30. The van der Waals surface area contributed by atoms with Gasteiger partial charge in [-0.25, -0.2) is 9.37 Å². The number of hydrogen-bond donors (Lipinski definition) is 1. The van der Waals surface area contributed by atoms with Crippen LogP contribution in [0.15, 0.2) is 36.4 Å². The fourth-order valence-corrected chi connectivity index (χ4v) is 10.5. The van der Waals surface area contributed by atoms with Gasteiger partial charge >= 0.3 is 5.97 Å². The molecule has 0 amide bonds. The van der Waals surface area contributed by atoms with Crippen LogP contribution >= 0.6 is 46.4 Å². The van der Waals surface area contributed by atoms with Crippen molar-refractivity contribution >= 4 is 84.9 Å². The lowest BCUT2D eigenvalue weighted by Crippen LogP contribution is -2.50. The van der Waals surface area contributed by atoms with E-state index in [1.54, 1.807) is 6.92 Å². The first-order valence-corrected chi connectivity index (χ1v) is 20.8. The zero-order valence-corrected chi connectivity index (χ0v) is 35.5. The quantitative estimate of drug-likeness (QED) is 0.0843. The molecular weight excluding hydrogens is 774 g/mol. The maximum Gasteiger partial charge on any atom is 0.340 e. The van der Waals surface area contributed by atoms with Crippen LogP contribution in [0.1, 0.15) is 113 Å². The van der Waals surface area contributed by atoms with Crippen molar-refractivity contribution in [1.29, 1.82) is 0 Å². The van der Waals surface area contributed by atoms with Gasteiger partial charge in [-0.05, 0) is 104 Å². The molecule has 0 saturated carbocycles. The molecule has 0 unspecified atom stereocenters. The number of ether oxygens (including phenoxy) is 1. The molecule has 3 aromatic rings. The van der Waals surface area contributed by atoms with E-state index in [-0.39, 0.29) is 43.4 Å². The number of allylic oxidation sites excluding steroid dienone is 1. The van der Waals surface area contributed by atoms with Crippen molar-refractivity contribution in [2.45, 2.75) is 85.7 Å². The van der Waals surface area contributed by atoms with E-state index in [1.807, 2.05) is 26.0 Å². The van der Waals surface area contributed by atoms with Crippen molar-refractivity contribution in [3.05, 3.63) is 106 Å². The number of esters is 1. The zero-order valence-electron chi connectivity index (χ0n) is 31.7. The summed E-state index contributed by atoms with van der Waals surface area (Å²) in [6, 6.07) is 8.45. The fourth-order valence-electron chi connectivity index (χ4n) is 8.83. The first kappa shape index (κ1) is 39.8. The summed E-state index contributed by atoms with van der Waals surface area (Å²) in [6.07, 6.45) is 4.14. The third-order valence-electron chi connectivity index (χ3n) is 11.0. The van der Waals surface area contributed by atoms with Crippen LogP contribution in [0.2, 0.25) is 20.1 Å². The Morgan fingerprint density at radius 1 is 0.849 bits per heavy atom. The van der Waals surface area contributed by atoms with E-state index < -0.39 is 32.8 Å². The Morgan fingerprint density at radius 2 is 1.49 bits per heavy atom. The van der Waals surface area contributed by atoms with Crippen LogP contribution in [0.4, 0.5) is 5.69 Å². The molecule has 1 N–H and O–H groups in total. The van der Waals surface area contributed by atoms with E-state index in [0.717, 1.165) is 45.1 Å². The summed E-state index contributed by atoms with van der Waals surface area (Å²) in [7, 11) is -4.42. The van der Waals surface area contributed by atoms with Gasteiger partial charge in [0.2, 0.25) is 5.36 Å². The number of carbonyl (C=O) groups excluding carboxylic acids is 1. The second kappa shape index (κ2) is 13.4. The van der Waals surface area contributed by atoms with Crippen LogP contribution in [-0.2, 0) is 20.3 Å². The van der Waals surface area contributed by atoms with Gasteiger partial charge in [0.05, 0.1) is 37.8 Å². The number of anilines is 1. The average Bonchev–Trinajstić information content (AvgIpc) is 3.04. The lowest BCUT2D eigenvalue weighted by atomic mass is 9.67. The molecule has 3 aromatic carbocycles. The average molecular weight is 820 g/mol. The zero-order chi connectivity index (χ0) is 39.3. The number of fused-ring (bicyclic) bond motifs is 4. The highest BCUT2D eigenvalue weighted by Crippen LogP contribution is 2.51. The third-order valence-corrected chi connectivity index (χ3v) is 13.4. The molecule has 1 aliphatic carbocycles. The first-order chi connectivity index (χ1) is 24.5. The molecule has 0 fully saturated rings. The molecule has 12 heteroatoms. The van der Waals surface area contributed by atoms with E-state index in [4.69, 9.17) is 51.1 Å². The molecule has 282 valence electrons. The van der Waals surface area contributed by atoms with Gasteiger partial charge in [-0.15, -0.1) is 0 Å². The number of rotatable bonds is 7. The molecule has 3 aliphatic rings. The lowest BCUT2D eigenvalue weighted by Gasteiger charge is -2.45. The summed E-state index contributed by atoms with van der Waals surface area (Å²) in [5, 5.41) is 1.74. The third kappa shape index (κ3) is 6.35. The normalized spacial score (nSPS) is 18.1. The monoisotopic (exact) mass is 817 g/mol. The fraction of sp³-hybridized carbons (Fsp3) is 0.415. The summed E-state index contributed by atoms with van der Waals surface area (Å²) in [5.41, 5.74) is 5.99. The molecular formula is C41H45Cl4N2O5S+. The SMILES string of the molecule is CCOC(=O)c1c(Cl)c(Cl)c(Cl)c(Cl)c1C1=c2cc3c(cc2C(C)(C)c2cc4c(cc21)C(CS(=O)(=O)O)=CC(C)(C)N4CC)=[N+](CC)C(C)(C)C=C3C. The minimum atomic E-state index is -4.42. The number of carbonyl (C=O) groups is 1. The molecule has 0 bridgehead atoms. The maximum absolute atomic E-state index is 13.9. The van der Waals surface area contributed by atoms with Crippen molar-refractivity contribution in [3.63, 3.8) is 0 Å². The topological polar surface area (TPSA) is 86.9 Å². The summed E-state index contributed by atoms with van der Waals surface area (Å²) in [4.78, 5) is 16.1. The standard InChI is InChI=1S/C41H44Cl4N2O5S/c1-11-46-29-16-27-25(14-23(29)21(4)18-39(46,5)6)31(32-33(38(48)52-13-3)35(43)37(45)36(44)34(32)42)26-15-24-22(20-53(49,50)51)19-40(7,8)47(12-2)30(24)17-28(26)41(27,9)10/h14-19H,11-13,20H2,1-10H3/p+1. The van der Waals surface area contributed by atoms with E-state index in [0.29, 0.717) is 28.8 Å². The number of benzene rings is 3. The van der Waals surface area contributed by atoms with Gasteiger partial charge in [-0.1, -0.05) is 66.3 Å². The second-order valence-electron chi connectivity index (χ2n) is 15.6. The lowest BCUT2D eigenvalue weighted by molar-refractivity contribution is 0.0526. The largest absolute Gasteiger partial charge is 0.462 e. The van der Waals surface area contributed by atoms with Gasteiger partial charge in [0.1, 0.15) is 12.3 Å². The predicted molar refractivity (Wildman–Crippen MR) is 219 cm³/mol. The Bertz CT molecular complexity index is 2450. The van der Waals surface area contributed by atoms with Gasteiger partial charge in [-0.2, -0.15) is 8.42 Å². The molecule has 0 atom stereocenters. The van der Waals surface area contributed by atoms with Crippen LogP contribution in [0.3, 0.4) is 0 Å². The number of hydrogen-bond acceptors (Lipinski definition) is 5. The van der Waals surface area contributed by atoms with Gasteiger partial charge < -0.3 is 9.64 Å². The van der Waals surface area contributed by atoms with E-state index >= 15 is 0 Å². The number of likely N-dealkylation sites (N-methyl/N-ethyl adjacent to an activating group) is 2. The van der Waals surface area contributed by atoms with Crippen molar-refractivity contribution in [3.8, 4) is 0 Å². The molecule has 7 nitrogen and oxygen atoms in total. The highest BCUT2D eigenvalue weighted by Gasteiger charge is 2.42. The Labute approximate surface area is 332 Å². The van der Waals surface area contributed by atoms with Gasteiger partial charge in [0.25, 0.3) is 10.1 Å². The Hall–Kier alpha value is -2.85. The van der Waals surface area contributed by atoms with Crippen LogP contribution in [0, 0.1) is 0 Å². The molecule has 2 aliphatic heterocycles. The van der Waals surface area contributed by atoms with Crippen LogP contribution in [-0.4, -0.2) is 55.5 Å². The first-order valence-electron chi connectivity index (χ1n) is 17.7. The molecule has 53 heavy (non-hydrogen) atoms. The molecule has 0 aromatic heterocycles. The highest BCUT2D eigenvalue weighted by molar-refractivity contribution is 7.86. The van der Waals surface area contributed by atoms with Gasteiger partial charge in [-0.3, -0.25) is 4.55 Å². The second-order valence-corrected chi connectivity index (χ2v) is 18.5. The van der Waals surface area contributed by atoms with Gasteiger partial charge in [0, 0.05) is 54.3 Å². The Balaban J connectivity index is 1.92. The van der Waals surface area contributed by atoms with Gasteiger partial charge in [0.15, 0.2) is 5.54 Å². The molecule has 0 saturated heterocycles. The summed E-state index contributed by atoms with van der Waals surface area (Å²) in [6.45, 7) is 22.2. The van der Waals surface area contributed by atoms with Crippen LogP contribution < -0.4 is 20.1 Å². The minimum absolute atomic E-state index is 0.0152. The van der Waals surface area contributed by atoms with Crippen molar-refractivity contribution in [2.75, 3.05) is 30.3 Å². The summed E-state index contributed by atoms with van der Waals surface area (Å²) >= 11 is 27.6. The van der Waals surface area contributed by atoms with Crippen molar-refractivity contribution < 1.29 is 22.5 Å². The van der Waals surface area contributed by atoms with E-state index in [1.165, 1.54) is 0 Å². The summed E-state index contributed by atoms with van der Waals surface area (Å²) < 4.78 is 43.1. The molecule has 6 rings (SSSR count). The minimum Gasteiger partial charge on any atom is -0.462 e. The van der Waals surface area contributed by atoms with Crippen molar-refractivity contribution in [2.24, 2.45) is 0 Å². The van der Waals surface area contributed by atoms with E-state index in [2.05, 4.69) is 82.2 Å². The number of halogens is 4. The molecule has 0 radical (unpaired) electrons. The smallest absolute Gasteiger partial charge is 0.340 e. The van der Waals surface area contributed by atoms with Crippen LogP contribution in [0.25, 0.3) is 16.7 Å². The Kier molecular flexibility index (Phi) is 10.1. The van der Waals surface area contributed by atoms with Crippen molar-refractivity contribution in [1.82, 2.24) is 4.58 Å². The maximum atomic E-state index is 13.9. The number of nitrogens with zero attached hydrogens (tertiary/aromatic N) is 2. The molecule has 2 heterocycles.